The van der Waals surface area contributed by atoms with E-state index in [4.69, 9.17) is 0 Å². The van der Waals surface area contributed by atoms with Crippen molar-refractivity contribution in [1.82, 2.24) is 10.6 Å². The monoisotopic (exact) mass is 240 g/mol. The van der Waals surface area contributed by atoms with Gasteiger partial charge >= 0.3 is 0 Å². The van der Waals surface area contributed by atoms with Gasteiger partial charge in [-0.2, -0.15) is 0 Å². The van der Waals surface area contributed by atoms with E-state index in [1.807, 2.05) is 0 Å². The maximum atomic E-state index is 3.64. The maximum absolute atomic E-state index is 3.64. The molecule has 1 aliphatic rings. The van der Waals surface area contributed by atoms with E-state index in [0.717, 1.165) is 19.0 Å². The van der Waals surface area contributed by atoms with Crippen molar-refractivity contribution < 1.29 is 0 Å². The fraction of sp³-hybridized carbons (Fsp3) is 1.00. The van der Waals surface area contributed by atoms with Gasteiger partial charge in [0.25, 0.3) is 0 Å². The van der Waals surface area contributed by atoms with Crippen LogP contribution >= 0.6 is 0 Å². The van der Waals surface area contributed by atoms with Crippen LogP contribution in [0.2, 0.25) is 0 Å². The maximum Gasteiger partial charge on any atom is 0.000517 e. The van der Waals surface area contributed by atoms with Gasteiger partial charge in [0.1, 0.15) is 0 Å². The van der Waals surface area contributed by atoms with Gasteiger partial charge in [0, 0.05) is 6.54 Å². The summed E-state index contributed by atoms with van der Waals surface area (Å²) in [6, 6.07) is 0. The van der Waals surface area contributed by atoms with Gasteiger partial charge < -0.3 is 10.6 Å². The van der Waals surface area contributed by atoms with Gasteiger partial charge in [-0.15, -0.1) is 0 Å². The van der Waals surface area contributed by atoms with Crippen molar-refractivity contribution in [2.75, 3.05) is 26.2 Å². The number of nitrogens with one attached hydrogen (secondary N) is 2. The van der Waals surface area contributed by atoms with Gasteiger partial charge in [0.15, 0.2) is 0 Å². The van der Waals surface area contributed by atoms with E-state index in [9.17, 15) is 0 Å². The molecular weight excluding hydrogens is 208 g/mol. The molecule has 2 heteroatoms. The molecule has 102 valence electrons. The standard InChI is InChI=1S/C15H32N2/c1-14(2)12-16-10-7-11-17-13-15(3)8-5-4-6-9-15/h14,16-17H,4-13H2,1-3H3. The van der Waals surface area contributed by atoms with Crippen LogP contribution in [0, 0.1) is 11.3 Å². The SMILES string of the molecule is CC(C)CNCCCNCC1(C)CCCCC1. The Morgan fingerprint density at radius 1 is 1.00 bits per heavy atom. The highest BCUT2D eigenvalue weighted by molar-refractivity contribution is 4.80. The molecule has 0 heterocycles. The van der Waals surface area contributed by atoms with E-state index in [0.29, 0.717) is 5.41 Å². The van der Waals surface area contributed by atoms with Crippen LogP contribution in [0.15, 0.2) is 0 Å². The quantitative estimate of drug-likeness (QED) is 0.637. The fourth-order valence-corrected chi connectivity index (χ4v) is 2.70. The third-order valence-corrected chi connectivity index (χ3v) is 3.87. The summed E-state index contributed by atoms with van der Waals surface area (Å²) in [4.78, 5) is 0. The molecule has 0 unspecified atom stereocenters. The topological polar surface area (TPSA) is 24.1 Å². The molecule has 0 amide bonds. The van der Waals surface area contributed by atoms with E-state index >= 15 is 0 Å². The summed E-state index contributed by atoms with van der Waals surface area (Å²) in [5, 5.41) is 7.14. The van der Waals surface area contributed by atoms with Crippen LogP contribution in [-0.4, -0.2) is 26.2 Å². The van der Waals surface area contributed by atoms with Crippen LogP contribution in [0.5, 0.6) is 0 Å². The Balaban J connectivity index is 1.93. The minimum atomic E-state index is 0.587. The largest absolute Gasteiger partial charge is 0.316 e. The highest BCUT2D eigenvalue weighted by Gasteiger charge is 2.25. The van der Waals surface area contributed by atoms with Gasteiger partial charge in [0.2, 0.25) is 0 Å². The first kappa shape index (κ1) is 15.0. The molecule has 1 fully saturated rings. The van der Waals surface area contributed by atoms with Crippen LogP contribution in [-0.2, 0) is 0 Å². The van der Waals surface area contributed by atoms with Crippen molar-refractivity contribution in [2.45, 2.75) is 59.3 Å². The zero-order valence-electron chi connectivity index (χ0n) is 12.1. The Kier molecular flexibility index (Phi) is 7.14. The molecule has 1 saturated carbocycles. The van der Waals surface area contributed by atoms with Crippen LogP contribution in [0.3, 0.4) is 0 Å². The van der Waals surface area contributed by atoms with E-state index in [-0.39, 0.29) is 0 Å². The van der Waals surface area contributed by atoms with E-state index in [2.05, 4.69) is 31.4 Å². The summed E-state index contributed by atoms with van der Waals surface area (Å²) in [5.74, 6) is 0.768. The van der Waals surface area contributed by atoms with Gasteiger partial charge in [0.05, 0.1) is 0 Å². The van der Waals surface area contributed by atoms with Crippen LogP contribution in [0.1, 0.15) is 59.3 Å². The molecule has 0 aromatic carbocycles. The molecule has 0 atom stereocenters. The molecular formula is C15H32N2. The molecule has 0 radical (unpaired) electrons. The van der Waals surface area contributed by atoms with Gasteiger partial charge in [-0.05, 0) is 50.2 Å². The zero-order valence-corrected chi connectivity index (χ0v) is 12.1. The highest BCUT2D eigenvalue weighted by atomic mass is 14.9. The lowest BCUT2D eigenvalue weighted by molar-refractivity contribution is 0.208. The van der Waals surface area contributed by atoms with Crippen molar-refractivity contribution in [2.24, 2.45) is 11.3 Å². The highest BCUT2D eigenvalue weighted by Crippen LogP contribution is 2.34. The second-order valence-electron chi connectivity index (χ2n) is 6.50. The normalized spacial score (nSPS) is 19.8. The third kappa shape index (κ3) is 7.05. The average Bonchev–Trinajstić information content (AvgIpc) is 2.28. The summed E-state index contributed by atoms with van der Waals surface area (Å²) < 4.78 is 0. The van der Waals surface area contributed by atoms with Crippen LogP contribution in [0.25, 0.3) is 0 Å². The minimum absolute atomic E-state index is 0.587. The zero-order chi connectivity index (χ0) is 12.6. The molecule has 0 aromatic rings. The fourth-order valence-electron chi connectivity index (χ4n) is 2.70. The third-order valence-electron chi connectivity index (χ3n) is 3.87. The molecule has 17 heavy (non-hydrogen) atoms. The first-order valence-corrected chi connectivity index (χ1v) is 7.54. The summed E-state index contributed by atoms with van der Waals surface area (Å²) >= 11 is 0. The number of hydrogen-bond donors (Lipinski definition) is 2. The van der Waals surface area contributed by atoms with Crippen molar-refractivity contribution in [3.8, 4) is 0 Å². The van der Waals surface area contributed by atoms with Crippen molar-refractivity contribution in [3.05, 3.63) is 0 Å². The summed E-state index contributed by atoms with van der Waals surface area (Å²) in [5.41, 5.74) is 0.587. The Morgan fingerprint density at radius 2 is 1.65 bits per heavy atom. The van der Waals surface area contributed by atoms with E-state index in [1.165, 1.54) is 51.6 Å². The first-order valence-electron chi connectivity index (χ1n) is 7.54. The average molecular weight is 240 g/mol. The Morgan fingerprint density at radius 3 is 2.29 bits per heavy atom. The Labute approximate surface area is 108 Å². The second kappa shape index (κ2) is 8.10. The molecule has 0 aromatic heterocycles. The van der Waals surface area contributed by atoms with Crippen molar-refractivity contribution in [3.63, 3.8) is 0 Å². The molecule has 2 N–H and O–H groups in total. The molecule has 1 aliphatic carbocycles. The number of rotatable bonds is 8. The van der Waals surface area contributed by atoms with E-state index < -0.39 is 0 Å². The number of hydrogen-bond acceptors (Lipinski definition) is 2. The molecule has 0 aliphatic heterocycles. The summed E-state index contributed by atoms with van der Waals surface area (Å²) in [6.45, 7) is 11.7. The lowest BCUT2D eigenvalue weighted by Crippen LogP contribution is -2.35. The van der Waals surface area contributed by atoms with Gasteiger partial charge in [-0.3, -0.25) is 0 Å². The smallest absolute Gasteiger partial charge is 0.000517 e. The molecule has 0 spiro atoms. The van der Waals surface area contributed by atoms with Gasteiger partial charge in [-0.1, -0.05) is 40.0 Å². The molecule has 0 saturated heterocycles. The minimum Gasteiger partial charge on any atom is -0.316 e. The lowest BCUT2D eigenvalue weighted by Gasteiger charge is -2.33. The Hall–Kier alpha value is -0.0800. The molecule has 1 rings (SSSR count). The second-order valence-corrected chi connectivity index (χ2v) is 6.50. The van der Waals surface area contributed by atoms with E-state index in [1.54, 1.807) is 0 Å². The predicted octanol–water partition coefficient (Wildman–Crippen LogP) is 3.18. The van der Waals surface area contributed by atoms with Crippen molar-refractivity contribution in [1.29, 1.82) is 0 Å². The summed E-state index contributed by atoms with van der Waals surface area (Å²) in [7, 11) is 0. The Bertz CT molecular complexity index is 183. The van der Waals surface area contributed by atoms with Crippen molar-refractivity contribution >= 4 is 0 Å². The lowest BCUT2D eigenvalue weighted by atomic mass is 9.76. The molecule has 0 bridgehead atoms. The molecule has 2 nitrogen and oxygen atoms in total. The first-order chi connectivity index (χ1) is 8.12. The van der Waals surface area contributed by atoms with Crippen LogP contribution in [0.4, 0.5) is 0 Å². The summed E-state index contributed by atoms with van der Waals surface area (Å²) in [6.07, 6.45) is 8.43. The van der Waals surface area contributed by atoms with Gasteiger partial charge in [-0.25, -0.2) is 0 Å². The predicted molar refractivity (Wildman–Crippen MR) is 76.4 cm³/mol. The van der Waals surface area contributed by atoms with Crippen LogP contribution < -0.4 is 10.6 Å².